The van der Waals surface area contributed by atoms with E-state index in [1.807, 2.05) is 6.92 Å². The Hall–Kier alpha value is -3.41. The van der Waals surface area contributed by atoms with Crippen LogP contribution in [0.15, 0.2) is 65.3 Å². The zero-order valence-electron chi connectivity index (χ0n) is 15.0. The lowest BCUT2D eigenvalue weighted by atomic mass is 10.1. The van der Waals surface area contributed by atoms with E-state index in [0.717, 1.165) is 5.57 Å². The molecule has 3 rings (SSSR count). The van der Waals surface area contributed by atoms with Gasteiger partial charge in [0.05, 0.1) is 12.7 Å². The minimum absolute atomic E-state index is 0.0577. The molecule has 0 saturated carbocycles. The van der Waals surface area contributed by atoms with E-state index in [2.05, 4.69) is 11.6 Å². The summed E-state index contributed by atoms with van der Waals surface area (Å²) in [4.78, 5) is 16.2. The van der Waals surface area contributed by atoms with E-state index in [0.29, 0.717) is 23.7 Å². The highest BCUT2D eigenvalue weighted by Crippen LogP contribution is 2.30. The van der Waals surface area contributed by atoms with E-state index in [1.165, 1.54) is 19.2 Å². The zero-order chi connectivity index (χ0) is 19.4. The summed E-state index contributed by atoms with van der Waals surface area (Å²) in [7, 11) is 1.53. The highest BCUT2D eigenvalue weighted by molar-refractivity contribution is 6.12. The molecule has 27 heavy (non-hydrogen) atoms. The zero-order valence-corrected chi connectivity index (χ0v) is 15.0. The number of cyclic esters (lactones) is 1. The molecule has 0 radical (unpaired) electrons. The molecule has 0 aromatic heterocycles. The number of ether oxygens (including phenoxy) is 3. The molecule has 2 aromatic carbocycles. The lowest BCUT2D eigenvalue weighted by Gasteiger charge is -2.11. The first-order chi connectivity index (χ1) is 13.0. The summed E-state index contributed by atoms with van der Waals surface area (Å²) in [6.45, 7) is 6.03. The second-order valence-corrected chi connectivity index (χ2v) is 5.97. The number of aliphatic imine (C=N–C) groups is 1. The third-order valence-electron chi connectivity index (χ3n) is 3.69. The number of benzene rings is 2. The number of hydrogen-bond donors (Lipinski definition) is 0. The Labute approximate surface area is 156 Å². The minimum atomic E-state index is -0.644. The van der Waals surface area contributed by atoms with E-state index in [1.54, 1.807) is 36.4 Å². The molecule has 5 nitrogen and oxygen atoms in total. The fraction of sp³-hybridized carbons (Fsp3) is 0.143. The maximum absolute atomic E-state index is 13.9. The van der Waals surface area contributed by atoms with Gasteiger partial charge in [0.25, 0.3) is 0 Å². The van der Waals surface area contributed by atoms with Crippen molar-refractivity contribution in [3.05, 3.63) is 77.3 Å². The third kappa shape index (κ3) is 4.23. The van der Waals surface area contributed by atoms with Gasteiger partial charge in [0.2, 0.25) is 5.90 Å². The highest BCUT2D eigenvalue weighted by atomic mass is 19.1. The molecule has 0 atom stereocenters. The predicted molar refractivity (Wildman–Crippen MR) is 100 cm³/mol. The van der Waals surface area contributed by atoms with Gasteiger partial charge in [0.1, 0.15) is 12.4 Å². The summed E-state index contributed by atoms with van der Waals surface area (Å²) >= 11 is 0. The van der Waals surface area contributed by atoms with Crippen molar-refractivity contribution in [3.8, 4) is 11.5 Å². The molecule has 0 unspecified atom stereocenters. The molecule has 2 aromatic rings. The van der Waals surface area contributed by atoms with Crippen LogP contribution in [0.3, 0.4) is 0 Å². The number of rotatable bonds is 6. The molecule has 0 fully saturated rings. The molecular formula is C21H18FNO4. The number of esters is 1. The highest BCUT2D eigenvalue weighted by Gasteiger charge is 2.26. The lowest BCUT2D eigenvalue weighted by molar-refractivity contribution is -0.129. The van der Waals surface area contributed by atoms with E-state index in [-0.39, 0.29) is 17.2 Å². The number of hydrogen-bond acceptors (Lipinski definition) is 5. The first kappa shape index (κ1) is 18.4. The van der Waals surface area contributed by atoms with E-state index in [9.17, 15) is 9.18 Å². The van der Waals surface area contributed by atoms with Crippen molar-refractivity contribution in [2.75, 3.05) is 13.7 Å². The molecule has 0 N–H and O–H groups in total. The Kier molecular flexibility index (Phi) is 5.35. The summed E-state index contributed by atoms with van der Waals surface area (Å²) in [5.74, 6) is -0.138. The fourth-order valence-electron chi connectivity index (χ4n) is 2.41. The first-order valence-corrected chi connectivity index (χ1v) is 8.20. The van der Waals surface area contributed by atoms with Gasteiger partial charge in [-0.15, -0.1) is 0 Å². The van der Waals surface area contributed by atoms with E-state index in [4.69, 9.17) is 14.2 Å². The van der Waals surface area contributed by atoms with Crippen LogP contribution in [0.5, 0.6) is 11.5 Å². The van der Waals surface area contributed by atoms with Crippen LogP contribution in [0.2, 0.25) is 0 Å². The Balaban J connectivity index is 1.88. The average Bonchev–Trinajstić information content (AvgIpc) is 3.01. The molecule has 0 saturated heterocycles. The molecule has 138 valence electrons. The summed E-state index contributed by atoms with van der Waals surface area (Å²) in [5.41, 5.74) is 1.76. The van der Waals surface area contributed by atoms with Crippen LogP contribution in [0.25, 0.3) is 6.08 Å². The monoisotopic (exact) mass is 367 g/mol. The van der Waals surface area contributed by atoms with Gasteiger partial charge in [-0.25, -0.2) is 14.2 Å². The number of nitrogens with zero attached hydrogens (tertiary/aromatic N) is 1. The Morgan fingerprint density at radius 2 is 2.04 bits per heavy atom. The molecule has 1 heterocycles. The SMILES string of the molecule is C=C(C)COc1ccc(/C=C2\N=C(c3ccccc3F)OC2=O)cc1OC. The molecule has 0 spiro atoms. The van der Waals surface area contributed by atoms with Crippen LogP contribution in [-0.4, -0.2) is 25.6 Å². The van der Waals surface area contributed by atoms with Gasteiger partial charge in [-0.3, -0.25) is 0 Å². The molecule has 0 bridgehead atoms. The summed E-state index contributed by atoms with van der Waals surface area (Å²) in [6.07, 6.45) is 1.54. The average molecular weight is 367 g/mol. The number of carbonyl (C=O) groups excluding carboxylic acids is 1. The molecule has 1 aliphatic heterocycles. The maximum Gasteiger partial charge on any atom is 0.363 e. The summed E-state index contributed by atoms with van der Waals surface area (Å²) < 4.78 is 29.9. The van der Waals surface area contributed by atoms with Gasteiger partial charge in [0, 0.05) is 0 Å². The summed E-state index contributed by atoms with van der Waals surface area (Å²) in [6, 6.07) is 11.2. The number of methoxy groups -OCH3 is 1. The minimum Gasteiger partial charge on any atom is -0.493 e. The van der Waals surface area contributed by atoms with Crippen LogP contribution >= 0.6 is 0 Å². The standard InChI is InChI=1S/C21H18FNO4/c1-13(2)12-26-18-9-8-14(11-19(18)25-3)10-17-21(24)27-20(23-17)15-6-4-5-7-16(15)22/h4-11H,1,12H2,2-3H3/b17-10-. The lowest BCUT2D eigenvalue weighted by Crippen LogP contribution is -2.07. The van der Waals surface area contributed by atoms with Crippen molar-refractivity contribution in [1.82, 2.24) is 0 Å². The molecular weight excluding hydrogens is 349 g/mol. The Morgan fingerprint density at radius 3 is 2.74 bits per heavy atom. The Morgan fingerprint density at radius 1 is 1.26 bits per heavy atom. The normalized spacial score (nSPS) is 14.7. The molecule has 1 aliphatic rings. The van der Waals surface area contributed by atoms with Gasteiger partial charge in [-0.1, -0.05) is 24.8 Å². The van der Waals surface area contributed by atoms with Gasteiger partial charge in [-0.05, 0) is 48.4 Å². The van der Waals surface area contributed by atoms with E-state index < -0.39 is 11.8 Å². The molecule has 0 amide bonds. The van der Waals surface area contributed by atoms with Crippen molar-refractivity contribution in [2.24, 2.45) is 4.99 Å². The first-order valence-electron chi connectivity index (χ1n) is 8.20. The van der Waals surface area contributed by atoms with Crippen LogP contribution in [0, 0.1) is 5.82 Å². The Bertz CT molecular complexity index is 962. The van der Waals surface area contributed by atoms with Crippen molar-refractivity contribution in [1.29, 1.82) is 0 Å². The van der Waals surface area contributed by atoms with Crippen molar-refractivity contribution in [2.45, 2.75) is 6.92 Å². The number of carbonyl (C=O) groups is 1. The van der Waals surface area contributed by atoms with Crippen molar-refractivity contribution < 1.29 is 23.4 Å². The topological polar surface area (TPSA) is 57.1 Å². The van der Waals surface area contributed by atoms with Crippen LogP contribution in [0.4, 0.5) is 4.39 Å². The fourth-order valence-corrected chi connectivity index (χ4v) is 2.41. The van der Waals surface area contributed by atoms with Gasteiger partial charge >= 0.3 is 5.97 Å². The van der Waals surface area contributed by atoms with Crippen LogP contribution in [-0.2, 0) is 9.53 Å². The number of halogens is 1. The summed E-state index contributed by atoms with van der Waals surface area (Å²) in [5, 5.41) is 0. The van der Waals surface area contributed by atoms with Gasteiger partial charge in [0.15, 0.2) is 17.2 Å². The van der Waals surface area contributed by atoms with Gasteiger partial charge in [-0.2, -0.15) is 0 Å². The largest absolute Gasteiger partial charge is 0.493 e. The van der Waals surface area contributed by atoms with Crippen molar-refractivity contribution >= 4 is 17.9 Å². The smallest absolute Gasteiger partial charge is 0.363 e. The van der Waals surface area contributed by atoms with E-state index >= 15 is 0 Å². The molecule has 6 heteroatoms. The van der Waals surface area contributed by atoms with Gasteiger partial charge < -0.3 is 14.2 Å². The third-order valence-corrected chi connectivity index (χ3v) is 3.69. The van der Waals surface area contributed by atoms with Crippen molar-refractivity contribution in [3.63, 3.8) is 0 Å². The second-order valence-electron chi connectivity index (χ2n) is 5.97. The predicted octanol–water partition coefficient (Wildman–Crippen LogP) is 4.13. The molecule has 0 aliphatic carbocycles. The maximum atomic E-state index is 13.9. The second kappa shape index (κ2) is 7.86. The van der Waals surface area contributed by atoms with Crippen LogP contribution < -0.4 is 9.47 Å². The van der Waals surface area contributed by atoms with Crippen LogP contribution in [0.1, 0.15) is 18.1 Å². The quantitative estimate of drug-likeness (QED) is 0.438.